The average Bonchev–Trinajstić information content (AvgIpc) is 3.04. The number of aromatic nitrogens is 2. The highest BCUT2D eigenvalue weighted by Gasteiger charge is 2.41. The van der Waals surface area contributed by atoms with Gasteiger partial charge in [-0.15, -0.1) is 0 Å². The molecule has 0 aromatic carbocycles. The lowest BCUT2D eigenvalue weighted by molar-refractivity contribution is -0.181. The van der Waals surface area contributed by atoms with Gasteiger partial charge in [0.15, 0.2) is 0 Å². The van der Waals surface area contributed by atoms with Gasteiger partial charge >= 0.3 is 12.2 Å². The van der Waals surface area contributed by atoms with E-state index in [1.165, 1.54) is 4.90 Å². The molecule has 0 saturated carbocycles. The van der Waals surface area contributed by atoms with Crippen molar-refractivity contribution in [3.05, 3.63) is 18.5 Å². The Bertz CT molecular complexity index is 512. The first-order valence-corrected chi connectivity index (χ1v) is 8.08. The number of carbonyl (C=O) groups is 1. The Morgan fingerprint density at radius 2 is 1.92 bits per heavy atom. The molecule has 6 nitrogen and oxygen atoms in total. The number of rotatable bonds is 5. The average molecular weight is 347 g/mol. The Balaban J connectivity index is 1.71. The number of nitrogens with one attached hydrogen (secondary N) is 1. The molecule has 24 heavy (non-hydrogen) atoms. The Kier molecular flexibility index (Phi) is 6.09. The molecule has 1 aliphatic heterocycles. The SMILES string of the molecule is C[C@@H](CNC(=O)N1CCN([C@H](C)C(F)(F)F)CC1)Cn1cccn1. The van der Waals surface area contributed by atoms with Gasteiger partial charge in [-0.1, -0.05) is 6.92 Å². The van der Waals surface area contributed by atoms with E-state index in [-0.39, 0.29) is 25.0 Å². The first kappa shape index (κ1) is 18.6. The number of piperazine rings is 1. The molecule has 0 radical (unpaired) electrons. The molecule has 1 N–H and O–H groups in total. The number of nitrogens with zero attached hydrogens (tertiary/aromatic N) is 4. The van der Waals surface area contributed by atoms with Crippen molar-refractivity contribution in [1.29, 1.82) is 0 Å². The minimum atomic E-state index is -4.23. The maximum absolute atomic E-state index is 12.7. The summed E-state index contributed by atoms with van der Waals surface area (Å²) < 4.78 is 39.9. The van der Waals surface area contributed by atoms with Crippen LogP contribution < -0.4 is 5.32 Å². The molecular formula is C15H24F3N5O. The Hall–Kier alpha value is -1.77. The van der Waals surface area contributed by atoms with E-state index in [1.54, 1.807) is 15.8 Å². The topological polar surface area (TPSA) is 53.4 Å². The Labute approximate surface area is 139 Å². The lowest BCUT2D eigenvalue weighted by Crippen LogP contribution is -2.56. The van der Waals surface area contributed by atoms with E-state index in [4.69, 9.17) is 0 Å². The van der Waals surface area contributed by atoms with Crippen molar-refractivity contribution in [3.8, 4) is 0 Å². The van der Waals surface area contributed by atoms with Crippen molar-refractivity contribution >= 4 is 6.03 Å². The number of alkyl halides is 3. The summed E-state index contributed by atoms with van der Waals surface area (Å²) in [7, 11) is 0. The van der Waals surface area contributed by atoms with Crippen LogP contribution in [0.2, 0.25) is 0 Å². The van der Waals surface area contributed by atoms with Crippen LogP contribution in [0.15, 0.2) is 18.5 Å². The van der Waals surface area contributed by atoms with Crippen LogP contribution in [0.25, 0.3) is 0 Å². The first-order valence-electron chi connectivity index (χ1n) is 8.08. The van der Waals surface area contributed by atoms with Gasteiger partial charge in [-0.3, -0.25) is 9.58 Å². The van der Waals surface area contributed by atoms with Crippen LogP contribution in [-0.2, 0) is 6.54 Å². The molecule has 1 aromatic heterocycles. The first-order chi connectivity index (χ1) is 11.3. The molecule has 2 rings (SSSR count). The summed E-state index contributed by atoms with van der Waals surface area (Å²) in [5.41, 5.74) is 0. The van der Waals surface area contributed by atoms with Gasteiger partial charge < -0.3 is 10.2 Å². The van der Waals surface area contributed by atoms with E-state index in [1.807, 2.05) is 19.2 Å². The lowest BCUT2D eigenvalue weighted by atomic mass is 10.2. The molecule has 1 saturated heterocycles. The molecule has 1 aromatic rings. The largest absolute Gasteiger partial charge is 0.403 e. The second-order valence-corrected chi connectivity index (χ2v) is 6.26. The fourth-order valence-electron chi connectivity index (χ4n) is 2.68. The molecule has 9 heteroatoms. The number of hydrogen-bond donors (Lipinski definition) is 1. The number of hydrogen-bond acceptors (Lipinski definition) is 3. The highest BCUT2D eigenvalue weighted by atomic mass is 19.4. The normalized spacial score (nSPS) is 19.1. The highest BCUT2D eigenvalue weighted by Crippen LogP contribution is 2.25. The van der Waals surface area contributed by atoms with E-state index in [2.05, 4.69) is 10.4 Å². The van der Waals surface area contributed by atoms with Gasteiger partial charge in [-0.05, 0) is 18.9 Å². The fraction of sp³-hybridized carbons (Fsp3) is 0.733. The standard InChI is InChI=1S/C15H24F3N5O/c1-12(11-23-5-3-4-20-23)10-19-14(24)22-8-6-21(7-9-22)13(2)15(16,17)18/h3-5,12-13H,6-11H2,1-2H3,(H,19,24)/t12-,13+/m0/s1. The van der Waals surface area contributed by atoms with Gasteiger partial charge in [0.25, 0.3) is 0 Å². The summed E-state index contributed by atoms with van der Waals surface area (Å²) in [6, 6.07) is 0.144. The zero-order valence-electron chi connectivity index (χ0n) is 14.0. The van der Waals surface area contributed by atoms with Gasteiger partial charge in [-0.25, -0.2) is 4.79 Å². The highest BCUT2D eigenvalue weighted by molar-refractivity contribution is 5.74. The van der Waals surface area contributed by atoms with Crippen molar-refractivity contribution in [3.63, 3.8) is 0 Å². The summed E-state index contributed by atoms with van der Waals surface area (Å²) in [6.45, 7) is 5.44. The van der Waals surface area contributed by atoms with Gasteiger partial charge in [0, 0.05) is 51.7 Å². The van der Waals surface area contributed by atoms with Crippen molar-refractivity contribution < 1.29 is 18.0 Å². The van der Waals surface area contributed by atoms with Gasteiger partial charge in [-0.2, -0.15) is 18.3 Å². The lowest BCUT2D eigenvalue weighted by Gasteiger charge is -2.38. The van der Waals surface area contributed by atoms with Crippen LogP contribution in [0.4, 0.5) is 18.0 Å². The summed E-state index contributed by atoms with van der Waals surface area (Å²) in [5, 5.41) is 6.96. The number of carbonyl (C=O) groups excluding carboxylic acids is 1. The molecule has 2 heterocycles. The van der Waals surface area contributed by atoms with E-state index in [0.717, 1.165) is 6.92 Å². The van der Waals surface area contributed by atoms with Crippen LogP contribution in [-0.4, -0.2) is 70.6 Å². The number of amides is 2. The maximum atomic E-state index is 12.7. The third-order valence-corrected chi connectivity index (χ3v) is 4.28. The molecule has 0 unspecified atom stereocenters. The molecule has 1 fully saturated rings. The predicted octanol–water partition coefficient (Wildman–Crippen LogP) is 1.80. The van der Waals surface area contributed by atoms with E-state index in [0.29, 0.717) is 26.2 Å². The molecule has 0 aliphatic carbocycles. The van der Waals surface area contributed by atoms with Crippen molar-refractivity contribution in [2.75, 3.05) is 32.7 Å². The fourth-order valence-corrected chi connectivity index (χ4v) is 2.68. The summed E-state index contributed by atoms with van der Waals surface area (Å²) >= 11 is 0. The maximum Gasteiger partial charge on any atom is 0.403 e. The van der Waals surface area contributed by atoms with Crippen LogP contribution in [0.1, 0.15) is 13.8 Å². The quantitative estimate of drug-likeness (QED) is 0.884. The van der Waals surface area contributed by atoms with E-state index in [9.17, 15) is 18.0 Å². The molecule has 2 amide bonds. The Morgan fingerprint density at radius 1 is 1.25 bits per heavy atom. The second kappa shape index (κ2) is 7.87. The zero-order valence-corrected chi connectivity index (χ0v) is 14.0. The minimum Gasteiger partial charge on any atom is -0.338 e. The smallest absolute Gasteiger partial charge is 0.338 e. The predicted molar refractivity (Wildman–Crippen MR) is 83.5 cm³/mol. The van der Waals surface area contributed by atoms with E-state index >= 15 is 0 Å². The van der Waals surface area contributed by atoms with Gasteiger partial charge in [0.2, 0.25) is 0 Å². The molecule has 2 atom stereocenters. The van der Waals surface area contributed by atoms with Crippen LogP contribution in [0, 0.1) is 5.92 Å². The zero-order chi connectivity index (χ0) is 17.7. The van der Waals surface area contributed by atoms with Crippen LogP contribution in [0.5, 0.6) is 0 Å². The molecule has 0 spiro atoms. The molecular weight excluding hydrogens is 323 g/mol. The van der Waals surface area contributed by atoms with Crippen LogP contribution >= 0.6 is 0 Å². The van der Waals surface area contributed by atoms with Crippen molar-refractivity contribution in [2.24, 2.45) is 5.92 Å². The monoisotopic (exact) mass is 347 g/mol. The summed E-state index contributed by atoms with van der Waals surface area (Å²) in [5.74, 6) is 0.209. The Morgan fingerprint density at radius 3 is 2.46 bits per heavy atom. The van der Waals surface area contributed by atoms with Crippen molar-refractivity contribution in [2.45, 2.75) is 32.6 Å². The number of urea groups is 1. The minimum absolute atomic E-state index is 0.209. The van der Waals surface area contributed by atoms with E-state index < -0.39 is 12.2 Å². The van der Waals surface area contributed by atoms with Crippen molar-refractivity contribution in [1.82, 2.24) is 24.9 Å². The summed E-state index contributed by atoms with van der Waals surface area (Å²) in [4.78, 5) is 15.1. The summed E-state index contributed by atoms with van der Waals surface area (Å²) in [6.07, 6.45) is -0.668. The number of halogens is 3. The molecule has 136 valence electrons. The third-order valence-electron chi connectivity index (χ3n) is 4.28. The second-order valence-electron chi connectivity index (χ2n) is 6.26. The molecule has 1 aliphatic rings. The van der Waals surface area contributed by atoms with Gasteiger partial charge in [0.1, 0.15) is 6.04 Å². The van der Waals surface area contributed by atoms with Gasteiger partial charge in [0.05, 0.1) is 0 Å². The van der Waals surface area contributed by atoms with Crippen LogP contribution in [0.3, 0.4) is 0 Å². The molecule has 0 bridgehead atoms. The third kappa shape index (κ3) is 5.12.